The summed E-state index contributed by atoms with van der Waals surface area (Å²) < 4.78 is 15.6. The molecule has 8 heteroatoms. The average molecular weight is 368 g/mol. The molecule has 25 heavy (non-hydrogen) atoms. The van der Waals surface area contributed by atoms with Crippen molar-refractivity contribution in [3.05, 3.63) is 39.8 Å². The van der Waals surface area contributed by atoms with Gasteiger partial charge in [0.05, 0.1) is 5.52 Å². The minimum atomic E-state index is -1.26. The van der Waals surface area contributed by atoms with Gasteiger partial charge in [-0.3, -0.25) is 4.79 Å². The van der Waals surface area contributed by atoms with Gasteiger partial charge in [-0.25, -0.2) is 9.18 Å². The van der Waals surface area contributed by atoms with Gasteiger partial charge in [-0.2, -0.15) is 0 Å². The van der Waals surface area contributed by atoms with Gasteiger partial charge in [0.25, 0.3) is 0 Å². The summed E-state index contributed by atoms with van der Waals surface area (Å²) in [5.74, 6) is -1.32. The standard InChI is InChI=1S/C17H18FN3O3.ClH/c18-10-1-4-13-12(9-10)15(22)14(17(23)24)16(21(13)11-2-3-11)20-7-5-19-6-8-20;/h1,4,9,11,19H,2-3,5-8H2,(H,23,24);1H. The number of nitrogens with one attached hydrogen (secondary N) is 1. The average Bonchev–Trinajstić information content (AvgIpc) is 3.40. The monoisotopic (exact) mass is 367 g/mol. The van der Waals surface area contributed by atoms with E-state index in [0.29, 0.717) is 24.4 Å². The summed E-state index contributed by atoms with van der Waals surface area (Å²) in [7, 11) is 0. The van der Waals surface area contributed by atoms with Gasteiger partial charge in [-0.1, -0.05) is 0 Å². The molecular weight excluding hydrogens is 349 g/mol. The van der Waals surface area contributed by atoms with Crippen LogP contribution in [0.25, 0.3) is 10.9 Å². The molecule has 2 fully saturated rings. The molecule has 2 aliphatic rings. The third kappa shape index (κ3) is 2.98. The Morgan fingerprint density at radius 1 is 1.24 bits per heavy atom. The molecule has 0 bridgehead atoms. The molecule has 1 saturated carbocycles. The molecule has 1 aromatic carbocycles. The lowest BCUT2D eigenvalue weighted by molar-refractivity contribution is 0.0695. The van der Waals surface area contributed by atoms with Gasteiger partial charge in [-0.05, 0) is 31.0 Å². The van der Waals surface area contributed by atoms with Crippen molar-refractivity contribution in [1.82, 2.24) is 9.88 Å². The zero-order valence-corrected chi connectivity index (χ0v) is 14.3. The van der Waals surface area contributed by atoms with Crippen molar-refractivity contribution in [2.75, 3.05) is 31.1 Å². The van der Waals surface area contributed by atoms with Gasteiger partial charge in [0.1, 0.15) is 17.2 Å². The Morgan fingerprint density at radius 2 is 1.92 bits per heavy atom. The topological polar surface area (TPSA) is 74.6 Å². The first kappa shape index (κ1) is 17.7. The number of carboxylic acids is 1. The van der Waals surface area contributed by atoms with Gasteiger partial charge in [-0.15, -0.1) is 12.4 Å². The zero-order chi connectivity index (χ0) is 16.8. The fourth-order valence-corrected chi connectivity index (χ4v) is 3.45. The number of fused-ring (bicyclic) bond motifs is 1. The first-order valence-electron chi connectivity index (χ1n) is 8.14. The van der Waals surface area contributed by atoms with E-state index in [0.717, 1.165) is 32.0 Å². The number of carbonyl (C=O) groups is 1. The van der Waals surface area contributed by atoms with Crippen LogP contribution in [0.15, 0.2) is 23.0 Å². The Morgan fingerprint density at radius 3 is 2.52 bits per heavy atom. The third-order valence-corrected chi connectivity index (χ3v) is 4.68. The minimum Gasteiger partial charge on any atom is -0.477 e. The van der Waals surface area contributed by atoms with Crippen LogP contribution in [0.2, 0.25) is 0 Å². The molecule has 1 aromatic heterocycles. The summed E-state index contributed by atoms with van der Waals surface area (Å²) in [5, 5.41) is 13.1. The van der Waals surface area contributed by atoms with E-state index < -0.39 is 17.2 Å². The molecule has 2 heterocycles. The molecule has 0 atom stereocenters. The number of rotatable bonds is 3. The molecule has 4 rings (SSSR count). The van der Waals surface area contributed by atoms with Crippen LogP contribution in [0.4, 0.5) is 10.2 Å². The number of aromatic carboxylic acids is 1. The number of hydrogen-bond acceptors (Lipinski definition) is 4. The fourth-order valence-electron chi connectivity index (χ4n) is 3.45. The van der Waals surface area contributed by atoms with Crippen molar-refractivity contribution in [3.8, 4) is 0 Å². The lowest BCUT2D eigenvalue weighted by Gasteiger charge is -2.33. The quantitative estimate of drug-likeness (QED) is 0.868. The predicted octanol–water partition coefficient (Wildman–Crippen LogP) is 2.01. The van der Waals surface area contributed by atoms with Crippen molar-refractivity contribution in [2.24, 2.45) is 0 Å². The molecule has 1 aliphatic carbocycles. The molecule has 6 nitrogen and oxygen atoms in total. The van der Waals surface area contributed by atoms with E-state index in [9.17, 15) is 19.1 Å². The van der Waals surface area contributed by atoms with E-state index in [2.05, 4.69) is 5.32 Å². The second-order valence-electron chi connectivity index (χ2n) is 6.33. The lowest BCUT2D eigenvalue weighted by atomic mass is 10.1. The number of benzene rings is 1. The summed E-state index contributed by atoms with van der Waals surface area (Å²) >= 11 is 0. The summed E-state index contributed by atoms with van der Waals surface area (Å²) in [6.07, 6.45) is 1.88. The van der Waals surface area contributed by atoms with Crippen LogP contribution >= 0.6 is 12.4 Å². The molecule has 0 unspecified atom stereocenters. The van der Waals surface area contributed by atoms with E-state index >= 15 is 0 Å². The Balaban J connectivity index is 0.00000182. The van der Waals surface area contributed by atoms with Crippen molar-refractivity contribution >= 4 is 35.1 Å². The number of carboxylic acid groups (broad SMARTS) is 1. The maximum absolute atomic E-state index is 13.6. The van der Waals surface area contributed by atoms with Crippen molar-refractivity contribution < 1.29 is 14.3 Å². The molecule has 134 valence electrons. The number of halogens is 2. The Labute approximate surface area is 149 Å². The molecular formula is C17H19ClFN3O3. The first-order chi connectivity index (χ1) is 11.6. The second-order valence-corrected chi connectivity index (χ2v) is 6.33. The van der Waals surface area contributed by atoms with Gasteiger partial charge in [0, 0.05) is 37.6 Å². The zero-order valence-electron chi connectivity index (χ0n) is 13.5. The number of hydrogen-bond donors (Lipinski definition) is 2. The lowest BCUT2D eigenvalue weighted by Crippen LogP contribution is -2.46. The van der Waals surface area contributed by atoms with Crippen LogP contribution in [0.5, 0.6) is 0 Å². The second kappa shape index (κ2) is 6.65. The number of anilines is 1. The Bertz CT molecular complexity index is 889. The molecule has 1 saturated heterocycles. The highest BCUT2D eigenvalue weighted by Gasteiger charge is 2.33. The van der Waals surface area contributed by atoms with Gasteiger partial charge in [0.15, 0.2) is 0 Å². The van der Waals surface area contributed by atoms with Gasteiger partial charge >= 0.3 is 5.97 Å². The SMILES string of the molecule is Cl.O=C(O)c1c(N2CCNCC2)n(C2CC2)c2ccc(F)cc2c1=O. The van der Waals surface area contributed by atoms with E-state index in [-0.39, 0.29) is 29.4 Å². The van der Waals surface area contributed by atoms with Crippen molar-refractivity contribution in [1.29, 1.82) is 0 Å². The van der Waals surface area contributed by atoms with E-state index in [4.69, 9.17) is 0 Å². The van der Waals surface area contributed by atoms with Crippen molar-refractivity contribution in [3.63, 3.8) is 0 Å². The fraction of sp³-hybridized carbons (Fsp3) is 0.412. The van der Waals surface area contributed by atoms with E-state index in [1.54, 1.807) is 6.07 Å². The summed E-state index contributed by atoms with van der Waals surface area (Å²) in [6.45, 7) is 2.75. The van der Waals surface area contributed by atoms with Crippen LogP contribution in [0, 0.1) is 5.82 Å². The highest BCUT2D eigenvalue weighted by atomic mass is 35.5. The first-order valence-corrected chi connectivity index (χ1v) is 8.14. The van der Waals surface area contributed by atoms with Gasteiger partial charge < -0.3 is 19.9 Å². The van der Waals surface area contributed by atoms with Gasteiger partial charge in [0.2, 0.25) is 5.43 Å². The molecule has 2 aromatic rings. The predicted molar refractivity (Wildman–Crippen MR) is 95.7 cm³/mol. The summed E-state index contributed by atoms with van der Waals surface area (Å²) in [4.78, 5) is 26.6. The highest BCUT2D eigenvalue weighted by Crippen LogP contribution is 2.41. The number of piperazine rings is 1. The smallest absolute Gasteiger partial charge is 0.343 e. The van der Waals surface area contributed by atoms with Crippen LogP contribution in [0.1, 0.15) is 29.2 Å². The Kier molecular flexibility index (Phi) is 4.71. The highest BCUT2D eigenvalue weighted by molar-refractivity contribution is 5.98. The molecule has 0 radical (unpaired) electrons. The molecule has 0 spiro atoms. The van der Waals surface area contributed by atoms with Crippen LogP contribution in [-0.4, -0.2) is 41.8 Å². The summed E-state index contributed by atoms with van der Waals surface area (Å²) in [5.41, 5.74) is -0.244. The van der Waals surface area contributed by atoms with Crippen molar-refractivity contribution in [2.45, 2.75) is 18.9 Å². The number of aromatic nitrogens is 1. The number of pyridine rings is 1. The van der Waals surface area contributed by atoms with E-state index in [1.165, 1.54) is 6.07 Å². The molecule has 2 N–H and O–H groups in total. The molecule has 0 amide bonds. The van der Waals surface area contributed by atoms with Crippen LogP contribution in [0.3, 0.4) is 0 Å². The van der Waals surface area contributed by atoms with Crippen LogP contribution in [-0.2, 0) is 0 Å². The number of nitrogens with zero attached hydrogens (tertiary/aromatic N) is 2. The third-order valence-electron chi connectivity index (χ3n) is 4.68. The Hall–Kier alpha value is -2.12. The summed E-state index contributed by atoms with van der Waals surface area (Å²) in [6, 6.07) is 4.22. The van der Waals surface area contributed by atoms with E-state index in [1.807, 2.05) is 9.47 Å². The maximum atomic E-state index is 13.6. The molecule has 1 aliphatic heterocycles. The maximum Gasteiger partial charge on any atom is 0.343 e. The largest absolute Gasteiger partial charge is 0.477 e. The normalized spacial score (nSPS) is 17.4. The minimum absolute atomic E-state index is 0. The van der Waals surface area contributed by atoms with Crippen LogP contribution < -0.4 is 15.6 Å².